The van der Waals surface area contributed by atoms with Gasteiger partial charge in [0.1, 0.15) is 0 Å². The van der Waals surface area contributed by atoms with Crippen LogP contribution in [0.3, 0.4) is 0 Å². The number of carbonyl (C=O) groups excluding carboxylic acids is 2. The Bertz CT molecular complexity index is 748. The lowest BCUT2D eigenvalue weighted by atomic mass is 10.00. The smallest absolute Gasteiger partial charge is 0.251 e. The molecule has 0 unspecified atom stereocenters. The van der Waals surface area contributed by atoms with Crippen LogP contribution in [-0.2, 0) is 4.79 Å². The fourth-order valence-electron chi connectivity index (χ4n) is 2.72. The zero-order valence-electron chi connectivity index (χ0n) is 13.1. The number of amides is 2. The number of nitrogens with one attached hydrogen (secondary N) is 1. The van der Waals surface area contributed by atoms with Crippen molar-refractivity contribution in [2.45, 2.75) is 24.7 Å². The summed E-state index contributed by atoms with van der Waals surface area (Å²) in [6.45, 7) is 1.12. The molecule has 1 aromatic heterocycles. The predicted molar refractivity (Wildman–Crippen MR) is 84.4 cm³/mol. The van der Waals surface area contributed by atoms with Gasteiger partial charge in [-0.05, 0) is 25.0 Å². The molecule has 1 aliphatic heterocycles. The third kappa shape index (κ3) is 3.02. The molecule has 1 aliphatic carbocycles. The van der Waals surface area contributed by atoms with Crippen LogP contribution in [0.2, 0.25) is 0 Å². The van der Waals surface area contributed by atoms with Gasteiger partial charge in [-0.3, -0.25) is 9.59 Å². The second-order valence-electron chi connectivity index (χ2n) is 6.31. The second-order valence-corrected chi connectivity index (χ2v) is 6.31. The third-order valence-electron chi connectivity index (χ3n) is 4.42. The topological polar surface area (TPSA) is 88.3 Å². The van der Waals surface area contributed by atoms with Gasteiger partial charge in [0, 0.05) is 24.6 Å². The molecule has 1 N–H and O–H groups in total. The minimum Gasteiger partial charge on any atom is -0.343 e. The average molecular weight is 326 g/mol. The van der Waals surface area contributed by atoms with E-state index in [4.69, 9.17) is 4.52 Å². The normalized spacial score (nSPS) is 17.4. The molecule has 2 fully saturated rings. The molecule has 7 heteroatoms. The number of hydrogen-bond donors (Lipinski definition) is 1. The molecule has 24 heavy (non-hydrogen) atoms. The van der Waals surface area contributed by atoms with Crippen molar-refractivity contribution >= 4 is 11.8 Å². The molecule has 2 aliphatic rings. The van der Waals surface area contributed by atoms with Gasteiger partial charge in [-0.15, -0.1) is 0 Å². The molecule has 124 valence electrons. The summed E-state index contributed by atoms with van der Waals surface area (Å²) >= 11 is 0. The molecule has 0 atom stereocenters. The monoisotopic (exact) mass is 326 g/mol. The summed E-state index contributed by atoms with van der Waals surface area (Å²) < 4.78 is 5.29. The largest absolute Gasteiger partial charge is 0.343 e. The van der Waals surface area contributed by atoms with Crippen LogP contribution < -0.4 is 5.32 Å². The maximum atomic E-state index is 12.1. The molecule has 2 heterocycles. The molecule has 1 aromatic carbocycles. The van der Waals surface area contributed by atoms with Crippen LogP contribution in [0.1, 0.15) is 46.8 Å². The summed E-state index contributed by atoms with van der Waals surface area (Å²) in [6, 6.07) is 8.85. The number of rotatable bonds is 5. The van der Waals surface area contributed by atoms with Crippen LogP contribution in [0.5, 0.6) is 0 Å². The van der Waals surface area contributed by atoms with E-state index in [-0.39, 0.29) is 24.3 Å². The number of likely N-dealkylation sites (tertiary alicyclic amines) is 1. The quantitative estimate of drug-likeness (QED) is 0.895. The first-order valence-corrected chi connectivity index (χ1v) is 8.15. The summed E-state index contributed by atoms with van der Waals surface area (Å²) in [6.07, 6.45) is 2.27. The molecule has 0 bridgehead atoms. The lowest BCUT2D eigenvalue weighted by molar-refractivity contribution is -0.134. The minimum absolute atomic E-state index is 0.00238. The lowest BCUT2D eigenvalue weighted by Crippen LogP contribution is -2.51. The van der Waals surface area contributed by atoms with Crippen LogP contribution in [0, 0.1) is 0 Å². The average Bonchev–Trinajstić information content (AvgIpc) is 3.31. The first kappa shape index (κ1) is 14.9. The highest BCUT2D eigenvalue weighted by atomic mass is 16.5. The fourth-order valence-corrected chi connectivity index (χ4v) is 2.72. The van der Waals surface area contributed by atoms with Crippen molar-refractivity contribution in [1.29, 1.82) is 0 Å². The summed E-state index contributed by atoms with van der Waals surface area (Å²) in [5.41, 5.74) is 0.547. The SMILES string of the molecule is O=C(NCC(=O)N1CC(c2nc(C3CC3)no2)C1)c1ccccc1. The van der Waals surface area contributed by atoms with Crippen molar-refractivity contribution in [2.24, 2.45) is 0 Å². The van der Waals surface area contributed by atoms with E-state index in [2.05, 4.69) is 15.5 Å². The van der Waals surface area contributed by atoms with Gasteiger partial charge in [0.2, 0.25) is 11.8 Å². The molecule has 0 spiro atoms. The Hall–Kier alpha value is -2.70. The Kier molecular flexibility index (Phi) is 3.76. The fraction of sp³-hybridized carbons (Fsp3) is 0.412. The van der Waals surface area contributed by atoms with Gasteiger partial charge in [-0.2, -0.15) is 4.98 Å². The lowest BCUT2D eigenvalue weighted by Gasteiger charge is -2.37. The van der Waals surface area contributed by atoms with Crippen molar-refractivity contribution < 1.29 is 14.1 Å². The molecule has 0 radical (unpaired) electrons. The highest BCUT2D eigenvalue weighted by Gasteiger charge is 2.37. The zero-order valence-corrected chi connectivity index (χ0v) is 13.1. The van der Waals surface area contributed by atoms with Gasteiger partial charge in [0.25, 0.3) is 5.91 Å². The number of aromatic nitrogens is 2. The van der Waals surface area contributed by atoms with E-state index in [1.165, 1.54) is 0 Å². The van der Waals surface area contributed by atoms with Crippen molar-refractivity contribution in [2.75, 3.05) is 19.6 Å². The van der Waals surface area contributed by atoms with Gasteiger partial charge in [-0.1, -0.05) is 23.4 Å². The molecular formula is C17H18N4O3. The van der Waals surface area contributed by atoms with E-state index < -0.39 is 0 Å². The van der Waals surface area contributed by atoms with Crippen LogP contribution in [0.25, 0.3) is 0 Å². The minimum atomic E-state index is -0.244. The van der Waals surface area contributed by atoms with Crippen molar-refractivity contribution in [3.8, 4) is 0 Å². The van der Waals surface area contributed by atoms with Crippen LogP contribution in [0.4, 0.5) is 0 Å². The summed E-state index contributed by atoms with van der Waals surface area (Å²) in [5, 5.41) is 6.65. The second kappa shape index (κ2) is 6.07. The summed E-state index contributed by atoms with van der Waals surface area (Å²) in [4.78, 5) is 30.1. The number of nitrogens with zero attached hydrogens (tertiary/aromatic N) is 3. The van der Waals surface area contributed by atoms with Crippen LogP contribution >= 0.6 is 0 Å². The molecular weight excluding hydrogens is 308 g/mol. The molecule has 4 rings (SSSR count). The standard InChI is InChI=1S/C17H18N4O3/c22-14(8-18-16(23)12-4-2-1-3-5-12)21-9-13(10-21)17-19-15(20-24-17)11-6-7-11/h1-5,11,13H,6-10H2,(H,18,23). The van der Waals surface area contributed by atoms with E-state index >= 15 is 0 Å². The Morgan fingerprint density at radius 3 is 2.62 bits per heavy atom. The van der Waals surface area contributed by atoms with Gasteiger partial charge in [0.05, 0.1) is 12.5 Å². The van der Waals surface area contributed by atoms with Crippen molar-refractivity contribution in [3.05, 3.63) is 47.6 Å². The Labute approximate surface area is 139 Å². The van der Waals surface area contributed by atoms with E-state index in [1.54, 1.807) is 29.2 Å². The number of carbonyl (C=O) groups is 2. The Balaban J connectivity index is 1.24. The highest BCUT2D eigenvalue weighted by molar-refractivity contribution is 5.96. The maximum Gasteiger partial charge on any atom is 0.251 e. The van der Waals surface area contributed by atoms with Crippen molar-refractivity contribution in [3.63, 3.8) is 0 Å². The predicted octanol–water partition coefficient (Wildman–Crippen LogP) is 1.30. The maximum absolute atomic E-state index is 12.1. The Morgan fingerprint density at radius 2 is 1.92 bits per heavy atom. The summed E-state index contributed by atoms with van der Waals surface area (Å²) in [5.74, 6) is 1.65. The van der Waals surface area contributed by atoms with Crippen molar-refractivity contribution in [1.82, 2.24) is 20.4 Å². The molecule has 2 amide bonds. The van der Waals surface area contributed by atoms with Gasteiger partial charge < -0.3 is 14.7 Å². The first-order chi connectivity index (χ1) is 11.7. The Morgan fingerprint density at radius 1 is 1.17 bits per heavy atom. The van der Waals surface area contributed by atoms with Crippen LogP contribution in [-0.4, -0.2) is 46.5 Å². The first-order valence-electron chi connectivity index (χ1n) is 8.15. The van der Waals surface area contributed by atoms with E-state index in [0.717, 1.165) is 18.7 Å². The van der Waals surface area contributed by atoms with Gasteiger partial charge >= 0.3 is 0 Å². The third-order valence-corrected chi connectivity index (χ3v) is 4.42. The molecule has 1 saturated carbocycles. The zero-order chi connectivity index (χ0) is 16.5. The van der Waals surface area contributed by atoms with Crippen LogP contribution in [0.15, 0.2) is 34.9 Å². The molecule has 2 aromatic rings. The molecule has 7 nitrogen and oxygen atoms in total. The van der Waals surface area contributed by atoms with E-state index in [0.29, 0.717) is 30.5 Å². The number of hydrogen-bond acceptors (Lipinski definition) is 5. The highest BCUT2D eigenvalue weighted by Crippen LogP contribution is 2.39. The number of benzene rings is 1. The van der Waals surface area contributed by atoms with Gasteiger partial charge in [0.15, 0.2) is 5.82 Å². The van der Waals surface area contributed by atoms with E-state index in [9.17, 15) is 9.59 Å². The van der Waals surface area contributed by atoms with E-state index in [1.807, 2.05) is 6.07 Å². The van der Waals surface area contributed by atoms with Gasteiger partial charge in [-0.25, -0.2) is 0 Å². The summed E-state index contributed by atoms with van der Waals surface area (Å²) in [7, 11) is 0. The molecule has 1 saturated heterocycles.